The van der Waals surface area contributed by atoms with Gasteiger partial charge in [-0.3, -0.25) is 0 Å². The molecule has 0 heterocycles. The van der Waals surface area contributed by atoms with Gasteiger partial charge in [0.25, 0.3) is 0 Å². The van der Waals surface area contributed by atoms with Crippen molar-refractivity contribution in [1.82, 2.24) is 0 Å². The van der Waals surface area contributed by atoms with Gasteiger partial charge in [0.05, 0.1) is 19.8 Å². The molecule has 1 aliphatic carbocycles. The molecule has 5 heteroatoms. The second kappa shape index (κ2) is 8.77. The van der Waals surface area contributed by atoms with Crippen molar-refractivity contribution in [2.24, 2.45) is 11.8 Å². The van der Waals surface area contributed by atoms with E-state index in [0.29, 0.717) is 5.92 Å². The predicted molar refractivity (Wildman–Crippen MR) is 114 cm³/mol. The smallest absolute Gasteiger partial charge is 0.160 e. The van der Waals surface area contributed by atoms with Crippen LogP contribution in [0.1, 0.15) is 31.7 Å². The zero-order valence-corrected chi connectivity index (χ0v) is 18.2. The molecule has 3 nitrogen and oxygen atoms in total. The molecule has 26 heavy (non-hydrogen) atoms. The normalized spacial score (nSPS) is 22.1. The fourth-order valence-corrected chi connectivity index (χ4v) is 4.78. The summed E-state index contributed by atoms with van der Waals surface area (Å²) in [5.74, 6) is 1.93. The quantitative estimate of drug-likeness (QED) is 0.574. The third-order valence-electron chi connectivity index (χ3n) is 5.40. The van der Waals surface area contributed by atoms with E-state index < -0.39 is 5.60 Å². The molecular weight excluding hydrogens is 364 g/mol. The summed E-state index contributed by atoms with van der Waals surface area (Å²) in [6.45, 7) is 8.16. The first-order valence-electron chi connectivity index (χ1n) is 8.72. The van der Waals surface area contributed by atoms with Crippen molar-refractivity contribution in [3.63, 3.8) is 0 Å². The Morgan fingerprint density at radius 2 is 1.88 bits per heavy atom. The van der Waals surface area contributed by atoms with Gasteiger partial charge in [0.2, 0.25) is 0 Å². The minimum atomic E-state index is -0.898. The lowest BCUT2D eigenvalue weighted by Crippen LogP contribution is -2.38. The lowest BCUT2D eigenvalue weighted by Gasteiger charge is -2.33. The highest BCUT2D eigenvalue weighted by molar-refractivity contribution is 8.21. The summed E-state index contributed by atoms with van der Waals surface area (Å²) >= 11 is 3.35. The van der Waals surface area contributed by atoms with Gasteiger partial charge in [-0.2, -0.15) is 0 Å². The molecule has 0 aliphatic heterocycles. The first-order valence-corrected chi connectivity index (χ1v) is 11.2. The Morgan fingerprint density at radius 3 is 2.38 bits per heavy atom. The predicted octanol–water partition coefficient (Wildman–Crippen LogP) is 5.32. The van der Waals surface area contributed by atoms with Crippen LogP contribution in [0, 0.1) is 11.8 Å². The summed E-state index contributed by atoms with van der Waals surface area (Å²) in [5, 5.41) is 11.7. The first-order chi connectivity index (χ1) is 12.3. The molecule has 1 fully saturated rings. The fourth-order valence-electron chi connectivity index (χ4n) is 3.50. The maximum atomic E-state index is 11.7. The van der Waals surface area contributed by atoms with E-state index in [1.54, 1.807) is 37.7 Å². The molecule has 0 radical (unpaired) electrons. The highest BCUT2D eigenvalue weighted by Crippen LogP contribution is 2.58. The third-order valence-corrected chi connectivity index (χ3v) is 7.44. The van der Waals surface area contributed by atoms with E-state index in [1.807, 2.05) is 37.6 Å². The Labute approximate surface area is 166 Å². The molecule has 0 aromatic heterocycles. The number of hydrogen-bond donors (Lipinski definition) is 1. The van der Waals surface area contributed by atoms with Gasteiger partial charge >= 0.3 is 0 Å². The summed E-state index contributed by atoms with van der Waals surface area (Å²) in [7, 11) is 3.29. The van der Waals surface area contributed by atoms with Crippen molar-refractivity contribution in [2.45, 2.75) is 31.8 Å². The van der Waals surface area contributed by atoms with Crippen LogP contribution in [0.25, 0.3) is 0 Å². The Hall–Kier alpha value is -1.04. The molecule has 0 saturated heterocycles. The van der Waals surface area contributed by atoms with Crippen LogP contribution in [0.5, 0.6) is 11.5 Å². The summed E-state index contributed by atoms with van der Waals surface area (Å²) in [5.41, 5.74) is 1.29. The average molecular weight is 395 g/mol. The number of methoxy groups -OCH3 is 2. The highest BCUT2D eigenvalue weighted by atomic mass is 32.2. The number of hydrogen-bond acceptors (Lipinski definition) is 5. The highest BCUT2D eigenvalue weighted by Gasteiger charge is 2.54. The van der Waals surface area contributed by atoms with Crippen LogP contribution in [-0.2, 0) is 0 Å². The maximum absolute atomic E-state index is 11.7. The minimum absolute atomic E-state index is 0.00746. The molecule has 144 valence electrons. The zero-order valence-electron chi connectivity index (χ0n) is 16.5. The van der Waals surface area contributed by atoms with E-state index in [2.05, 4.69) is 19.6 Å². The number of rotatable bonds is 9. The van der Waals surface area contributed by atoms with Crippen LogP contribution < -0.4 is 9.47 Å². The molecule has 1 saturated carbocycles. The SMILES string of the molecule is C=C(C)C(C)C(O)(C=C(SC)SC)C1CC1c1ccc(OC)c(OC)c1. The molecule has 0 amide bonds. The second-order valence-electron chi connectivity index (χ2n) is 6.89. The monoisotopic (exact) mass is 394 g/mol. The summed E-state index contributed by atoms with van der Waals surface area (Å²) < 4.78 is 11.9. The molecular formula is C21H30O3S2. The van der Waals surface area contributed by atoms with Gasteiger partial charge in [-0.1, -0.05) is 25.1 Å². The van der Waals surface area contributed by atoms with E-state index in [9.17, 15) is 5.11 Å². The molecule has 1 aromatic carbocycles. The van der Waals surface area contributed by atoms with Crippen molar-refractivity contribution in [3.8, 4) is 11.5 Å². The standard InChI is InChI=1S/C21H30O3S2/c1-13(2)14(3)21(22,12-20(25-6)26-7)17-11-16(17)15-8-9-18(23-4)19(10-15)24-5/h8-10,12,14,16-17,22H,1,11H2,2-7H3. The third kappa shape index (κ3) is 4.26. The fraction of sp³-hybridized carbons (Fsp3) is 0.524. The van der Waals surface area contributed by atoms with Crippen LogP contribution in [-0.4, -0.2) is 37.4 Å². The maximum Gasteiger partial charge on any atom is 0.160 e. The van der Waals surface area contributed by atoms with E-state index in [1.165, 1.54) is 5.56 Å². The van der Waals surface area contributed by atoms with Gasteiger partial charge < -0.3 is 14.6 Å². The van der Waals surface area contributed by atoms with Gasteiger partial charge in [0, 0.05) is 10.2 Å². The molecule has 4 unspecified atom stereocenters. The van der Waals surface area contributed by atoms with Gasteiger partial charge in [-0.15, -0.1) is 23.5 Å². The van der Waals surface area contributed by atoms with Crippen molar-refractivity contribution >= 4 is 23.5 Å². The van der Waals surface area contributed by atoms with E-state index >= 15 is 0 Å². The molecule has 4 atom stereocenters. The van der Waals surface area contributed by atoms with Crippen LogP contribution in [0.4, 0.5) is 0 Å². The summed E-state index contributed by atoms with van der Waals surface area (Å²) in [4.78, 5) is 0. The molecule has 2 rings (SSSR count). The number of thioether (sulfide) groups is 2. The van der Waals surface area contributed by atoms with Crippen molar-refractivity contribution in [2.75, 3.05) is 26.7 Å². The van der Waals surface area contributed by atoms with E-state index in [4.69, 9.17) is 9.47 Å². The molecule has 1 aliphatic rings. The Kier molecular flexibility index (Phi) is 7.17. The van der Waals surface area contributed by atoms with Crippen LogP contribution in [0.15, 0.2) is 40.7 Å². The van der Waals surface area contributed by atoms with Gasteiger partial charge in [0.1, 0.15) is 0 Å². The first kappa shape index (κ1) is 21.3. The number of ether oxygens (including phenoxy) is 2. The molecule has 0 bridgehead atoms. The Balaban J connectivity index is 2.35. The summed E-state index contributed by atoms with van der Waals surface area (Å²) in [6, 6.07) is 6.05. The second-order valence-corrected chi connectivity index (χ2v) is 8.84. The molecule has 1 N–H and O–H groups in total. The Morgan fingerprint density at radius 1 is 1.27 bits per heavy atom. The van der Waals surface area contributed by atoms with E-state index in [0.717, 1.165) is 27.7 Å². The van der Waals surface area contributed by atoms with Gasteiger partial charge in [-0.25, -0.2) is 0 Å². The number of aliphatic hydroxyl groups is 1. The minimum Gasteiger partial charge on any atom is -0.493 e. The van der Waals surface area contributed by atoms with Crippen molar-refractivity contribution < 1.29 is 14.6 Å². The largest absolute Gasteiger partial charge is 0.493 e. The lowest BCUT2D eigenvalue weighted by molar-refractivity contribution is 0.0263. The average Bonchev–Trinajstić information content (AvgIpc) is 3.46. The Bertz CT molecular complexity index is 680. The van der Waals surface area contributed by atoms with Gasteiger partial charge in [-0.05, 0) is 61.5 Å². The molecule has 0 spiro atoms. The number of benzene rings is 1. The summed E-state index contributed by atoms with van der Waals surface area (Å²) in [6.07, 6.45) is 7.10. The van der Waals surface area contributed by atoms with Crippen molar-refractivity contribution in [1.29, 1.82) is 0 Å². The van der Waals surface area contributed by atoms with Crippen LogP contribution in [0.2, 0.25) is 0 Å². The van der Waals surface area contributed by atoms with Crippen molar-refractivity contribution in [3.05, 3.63) is 46.2 Å². The topological polar surface area (TPSA) is 38.7 Å². The molecule has 1 aromatic rings. The lowest BCUT2D eigenvalue weighted by atomic mass is 9.79. The van der Waals surface area contributed by atoms with E-state index in [-0.39, 0.29) is 11.8 Å². The van der Waals surface area contributed by atoms with Crippen LogP contribution >= 0.6 is 23.5 Å². The van der Waals surface area contributed by atoms with Crippen LogP contribution in [0.3, 0.4) is 0 Å². The van der Waals surface area contributed by atoms with Gasteiger partial charge in [0.15, 0.2) is 11.5 Å². The zero-order chi connectivity index (χ0) is 19.5.